The van der Waals surface area contributed by atoms with Gasteiger partial charge in [-0.25, -0.2) is 0 Å². The van der Waals surface area contributed by atoms with Crippen molar-refractivity contribution in [1.82, 2.24) is 15.5 Å². The van der Waals surface area contributed by atoms with Crippen molar-refractivity contribution >= 4 is 45.6 Å². The molecule has 2 heterocycles. The molecule has 0 atom stereocenters. The summed E-state index contributed by atoms with van der Waals surface area (Å²) in [5.74, 6) is 0.233. The standard InChI is InChI=1S/C23H19N3O2S2/c1-15(27)24-13-17-11-12-21(30-17)20(28)14-29-23-19-10-6-5-9-18(19)22(25-26-23)16-7-3-2-4-8-16/h2-12H,13-14H2,1H3,(H,24,27). The van der Waals surface area contributed by atoms with E-state index >= 15 is 0 Å². The van der Waals surface area contributed by atoms with Gasteiger partial charge in [-0.1, -0.05) is 66.4 Å². The van der Waals surface area contributed by atoms with Crippen molar-refractivity contribution in [1.29, 1.82) is 0 Å². The first kappa shape index (κ1) is 20.3. The zero-order chi connectivity index (χ0) is 20.9. The molecule has 5 nitrogen and oxygen atoms in total. The summed E-state index contributed by atoms with van der Waals surface area (Å²) in [5.41, 5.74) is 1.85. The quantitative estimate of drug-likeness (QED) is 0.329. The molecule has 4 rings (SSSR count). The number of hydrogen-bond donors (Lipinski definition) is 1. The van der Waals surface area contributed by atoms with Gasteiger partial charge in [0.05, 0.1) is 17.2 Å². The maximum Gasteiger partial charge on any atom is 0.217 e. The minimum atomic E-state index is -0.0868. The highest BCUT2D eigenvalue weighted by molar-refractivity contribution is 8.00. The molecule has 0 unspecified atom stereocenters. The lowest BCUT2D eigenvalue weighted by molar-refractivity contribution is -0.119. The van der Waals surface area contributed by atoms with Gasteiger partial charge in [0.25, 0.3) is 0 Å². The van der Waals surface area contributed by atoms with E-state index in [9.17, 15) is 9.59 Å². The number of thiophene rings is 1. The monoisotopic (exact) mass is 433 g/mol. The first-order valence-corrected chi connectivity index (χ1v) is 11.2. The summed E-state index contributed by atoms with van der Waals surface area (Å²) in [4.78, 5) is 25.3. The molecule has 0 aliphatic heterocycles. The highest BCUT2D eigenvalue weighted by Gasteiger charge is 2.15. The van der Waals surface area contributed by atoms with Crippen molar-refractivity contribution in [2.45, 2.75) is 18.5 Å². The van der Waals surface area contributed by atoms with Crippen LogP contribution in [0, 0.1) is 0 Å². The van der Waals surface area contributed by atoms with Gasteiger partial charge in [-0.3, -0.25) is 9.59 Å². The Bertz CT molecular complexity index is 1210. The number of amides is 1. The minimum absolute atomic E-state index is 0.0390. The predicted molar refractivity (Wildman–Crippen MR) is 122 cm³/mol. The molecule has 0 saturated heterocycles. The maximum absolute atomic E-state index is 12.6. The van der Waals surface area contributed by atoms with Crippen LogP contribution in [0.5, 0.6) is 0 Å². The highest BCUT2D eigenvalue weighted by atomic mass is 32.2. The van der Waals surface area contributed by atoms with Crippen LogP contribution in [-0.4, -0.2) is 27.6 Å². The fourth-order valence-corrected chi connectivity index (χ4v) is 4.87. The fraction of sp³-hybridized carbons (Fsp3) is 0.130. The molecule has 0 aliphatic rings. The molecule has 2 aromatic heterocycles. The van der Waals surface area contributed by atoms with Crippen molar-refractivity contribution in [3.63, 3.8) is 0 Å². The lowest BCUT2D eigenvalue weighted by Gasteiger charge is -2.08. The third-order valence-electron chi connectivity index (χ3n) is 4.49. The van der Waals surface area contributed by atoms with E-state index in [1.165, 1.54) is 30.0 Å². The highest BCUT2D eigenvalue weighted by Crippen LogP contribution is 2.32. The van der Waals surface area contributed by atoms with E-state index in [4.69, 9.17) is 0 Å². The Morgan fingerprint density at radius 2 is 1.67 bits per heavy atom. The minimum Gasteiger partial charge on any atom is -0.351 e. The summed E-state index contributed by atoms with van der Waals surface area (Å²) < 4.78 is 0. The smallest absolute Gasteiger partial charge is 0.217 e. The normalized spacial score (nSPS) is 10.8. The van der Waals surface area contributed by atoms with Crippen LogP contribution in [0.4, 0.5) is 0 Å². The number of ketones is 1. The zero-order valence-corrected chi connectivity index (χ0v) is 17.9. The molecule has 30 heavy (non-hydrogen) atoms. The third-order valence-corrected chi connectivity index (χ3v) is 6.60. The van der Waals surface area contributed by atoms with Gasteiger partial charge < -0.3 is 5.32 Å². The number of benzene rings is 2. The molecule has 0 aliphatic carbocycles. The number of Topliss-reactive ketones (excluding diaryl/α,β-unsaturated/α-hetero) is 1. The number of hydrogen-bond acceptors (Lipinski definition) is 6. The maximum atomic E-state index is 12.6. The zero-order valence-electron chi connectivity index (χ0n) is 16.3. The van der Waals surface area contributed by atoms with Gasteiger partial charge in [-0.2, -0.15) is 0 Å². The molecule has 4 aromatic rings. The summed E-state index contributed by atoms with van der Waals surface area (Å²) in [6, 6.07) is 21.7. The molecule has 1 N–H and O–H groups in total. The summed E-state index contributed by atoms with van der Waals surface area (Å²) in [6.07, 6.45) is 0. The Kier molecular flexibility index (Phi) is 6.21. The number of thioether (sulfide) groups is 1. The van der Waals surface area contributed by atoms with Gasteiger partial charge in [0.2, 0.25) is 5.91 Å². The Balaban J connectivity index is 1.52. The lowest BCUT2D eigenvalue weighted by atomic mass is 10.1. The largest absolute Gasteiger partial charge is 0.351 e. The molecule has 0 bridgehead atoms. The summed E-state index contributed by atoms with van der Waals surface area (Å²) in [7, 11) is 0. The van der Waals surface area contributed by atoms with Crippen molar-refractivity contribution in [2.24, 2.45) is 0 Å². The second-order valence-corrected chi connectivity index (χ2v) is 8.79. The van der Waals surface area contributed by atoms with Crippen LogP contribution in [0.25, 0.3) is 22.0 Å². The molecule has 1 amide bonds. The Morgan fingerprint density at radius 1 is 0.933 bits per heavy atom. The SMILES string of the molecule is CC(=O)NCc1ccc(C(=O)CSc2nnc(-c3ccccc3)c3ccccc23)s1. The van der Waals surface area contributed by atoms with E-state index in [0.29, 0.717) is 11.4 Å². The molecular weight excluding hydrogens is 414 g/mol. The molecule has 0 fully saturated rings. The summed E-state index contributed by atoms with van der Waals surface area (Å²) in [6.45, 7) is 1.92. The number of nitrogens with one attached hydrogen (secondary N) is 1. The predicted octanol–water partition coefficient (Wildman–Crippen LogP) is 4.97. The van der Waals surface area contributed by atoms with E-state index in [2.05, 4.69) is 15.5 Å². The van der Waals surface area contributed by atoms with E-state index < -0.39 is 0 Å². The Labute approximate surface area is 182 Å². The van der Waals surface area contributed by atoms with E-state index in [1.54, 1.807) is 0 Å². The first-order chi connectivity index (χ1) is 14.6. The molecule has 150 valence electrons. The second-order valence-electron chi connectivity index (χ2n) is 6.65. The van der Waals surface area contributed by atoms with Crippen LogP contribution in [0.2, 0.25) is 0 Å². The summed E-state index contributed by atoms with van der Waals surface area (Å²) in [5, 5.41) is 14.4. The Hall–Kier alpha value is -3.03. The fourth-order valence-electron chi connectivity index (χ4n) is 3.03. The molecule has 0 spiro atoms. The average molecular weight is 434 g/mol. The van der Waals surface area contributed by atoms with Crippen LogP contribution in [-0.2, 0) is 11.3 Å². The van der Waals surface area contributed by atoms with Crippen LogP contribution < -0.4 is 5.32 Å². The van der Waals surface area contributed by atoms with Crippen LogP contribution in [0.15, 0.2) is 71.8 Å². The number of nitrogens with zero attached hydrogens (tertiary/aromatic N) is 2. The lowest BCUT2D eigenvalue weighted by Crippen LogP contribution is -2.18. The molecular formula is C23H19N3O2S2. The molecule has 0 saturated carbocycles. The van der Waals surface area contributed by atoms with Crippen LogP contribution in [0.1, 0.15) is 21.5 Å². The summed E-state index contributed by atoms with van der Waals surface area (Å²) >= 11 is 2.81. The topological polar surface area (TPSA) is 72.0 Å². The van der Waals surface area contributed by atoms with Gasteiger partial charge in [0.1, 0.15) is 10.7 Å². The third kappa shape index (κ3) is 4.58. The van der Waals surface area contributed by atoms with Gasteiger partial charge in [0.15, 0.2) is 5.78 Å². The average Bonchev–Trinajstić information content (AvgIpc) is 3.25. The van der Waals surface area contributed by atoms with Crippen LogP contribution >= 0.6 is 23.1 Å². The first-order valence-electron chi connectivity index (χ1n) is 9.42. The van der Waals surface area contributed by atoms with Crippen molar-refractivity contribution in [2.75, 3.05) is 5.75 Å². The number of aromatic nitrogens is 2. The van der Waals surface area contributed by atoms with Crippen molar-refractivity contribution < 1.29 is 9.59 Å². The van der Waals surface area contributed by atoms with Gasteiger partial charge in [-0.15, -0.1) is 21.5 Å². The van der Waals surface area contributed by atoms with Crippen molar-refractivity contribution in [3.8, 4) is 11.3 Å². The van der Waals surface area contributed by atoms with Gasteiger partial charge >= 0.3 is 0 Å². The number of fused-ring (bicyclic) bond motifs is 1. The molecule has 0 radical (unpaired) electrons. The van der Waals surface area contributed by atoms with Crippen LogP contribution in [0.3, 0.4) is 0 Å². The van der Waals surface area contributed by atoms with Gasteiger partial charge in [-0.05, 0) is 12.1 Å². The number of carbonyl (C=O) groups is 2. The molecule has 2 aromatic carbocycles. The second kappa shape index (κ2) is 9.19. The number of rotatable bonds is 7. The van der Waals surface area contributed by atoms with E-state index in [1.807, 2.05) is 66.7 Å². The molecule has 7 heteroatoms. The van der Waals surface area contributed by atoms with E-state index in [0.717, 1.165) is 31.9 Å². The number of carbonyl (C=O) groups excluding carboxylic acids is 2. The van der Waals surface area contributed by atoms with E-state index in [-0.39, 0.29) is 17.4 Å². The Morgan fingerprint density at radius 3 is 2.43 bits per heavy atom. The van der Waals surface area contributed by atoms with Gasteiger partial charge in [0, 0.05) is 28.1 Å². The van der Waals surface area contributed by atoms with Crippen molar-refractivity contribution in [3.05, 3.63) is 76.5 Å².